The number of nitrogens with zero attached hydrogens (tertiary/aromatic N) is 1. The molecule has 2 N–H and O–H groups in total. The lowest BCUT2D eigenvalue weighted by molar-refractivity contribution is -0.122. The van der Waals surface area contributed by atoms with Gasteiger partial charge >= 0.3 is 0 Å². The van der Waals surface area contributed by atoms with Crippen LogP contribution < -0.4 is 10.6 Å². The van der Waals surface area contributed by atoms with Crippen LogP contribution in [0.3, 0.4) is 0 Å². The van der Waals surface area contributed by atoms with Crippen molar-refractivity contribution in [1.29, 1.82) is 0 Å². The summed E-state index contributed by atoms with van der Waals surface area (Å²) in [6.07, 6.45) is 0.274. The molecular formula is C12H12N2O2S. The number of imide groups is 1. The van der Waals surface area contributed by atoms with E-state index in [2.05, 4.69) is 0 Å². The fourth-order valence-corrected chi connectivity index (χ4v) is 1.97. The summed E-state index contributed by atoms with van der Waals surface area (Å²) in [7, 11) is 0. The Morgan fingerprint density at radius 1 is 1.35 bits per heavy atom. The van der Waals surface area contributed by atoms with Gasteiger partial charge in [0, 0.05) is 17.9 Å². The highest BCUT2D eigenvalue weighted by Crippen LogP contribution is 2.26. The second kappa shape index (κ2) is 4.25. The lowest BCUT2D eigenvalue weighted by Gasteiger charge is -2.14. The highest BCUT2D eigenvalue weighted by atomic mass is 32.1. The molecule has 0 radical (unpaired) electrons. The molecule has 1 aromatic carbocycles. The molecule has 0 saturated carbocycles. The zero-order valence-electron chi connectivity index (χ0n) is 9.34. The molecule has 1 aromatic rings. The van der Waals surface area contributed by atoms with Crippen LogP contribution in [0.15, 0.2) is 24.3 Å². The molecule has 0 bridgehead atoms. The quantitative estimate of drug-likeness (QED) is 0.631. The van der Waals surface area contributed by atoms with Crippen LogP contribution in [-0.2, 0) is 9.59 Å². The second-order valence-electron chi connectivity index (χ2n) is 4.08. The number of nitrogens with two attached hydrogens (primary N) is 1. The van der Waals surface area contributed by atoms with E-state index in [9.17, 15) is 9.59 Å². The Kier molecular flexibility index (Phi) is 2.93. The molecule has 88 valence electrons. The molecule has 2 rings (SSSR count). The van der Waals surface area contributed by atoms with E-state index < -0.39 is 0 Å². The molecule has 1 unspecified atom stereocenters. The molecule has 0 spiro atoms. The van der Waals surface area contributed by atoms with Crippen molar-refractivity contribution in [1.82, 2.24) is 0 Å². The van der Waals surface area contributed by atoms with E-state index in [-0.39, 0.29) is 24.2 Å². The lowest BCUT2D eigenvalue weighted by Crippen LogP contribution is -2.30. The Labute approximate surface area is 104 Å². The van der Waals surface area contributed by atoms with Crippen molar-refractivity contribution in [2.45, 2.75) is 13.3 Å². The summed E-state index contributed by atoms with van der Waals surface area (Å²) in [4.78, 5) is 25.0. The molecule has 5 heteroatoms. The number of rotatable bonds is 2. The fraction of sp³-hybridized carbons (Fsp3) is 0.250. The van der Waals surface area contributed by atoms with Crippen molar-refractivity contribution < 1.29 is 9.59 Å². The molecule has 1 heterocycles. The topological polar surface area (TPSA) is 63.4 Å². The number of thiocarbonyl (C=S) groups is 1. The highest BCUT2D eigenvalue weighted by molar-refractivity contribution is 7.80. The van der Waals surface area contributed by atoms with Gasteiger partial charge in [0.1, 0.15) is 4.99 Å². The second-order valence-corrected chi connectivity index (χ2v) is 4.52. The molecule has 1 aliphatic rings. The highest BCUT2D eigenvalue weighted by Gasteiger charge is 2.36. The van der Waals surface area contributed by atoms with Crippen LogP contribution in [0, 0.1) is 5.92 Å². The van der Waals surface area contributed by atoms with Crippen LogP contribution >= 0.6 is 12.2 Å². The Morgan fingerprint density at radius 3 is 2.35 bits per heavy atom. The van der Waals surface area contributed by atoms with E-state index in [4.69, 9.17) is 18.0 Å². The number of hydrogen-bond donors (Lipinski definition) is 1. The van der Waals surface area contributed by atoms with Crippen molar-refractivity contribution in [2.24, 2.45) is 11.7 Å². The molecule has 2 amide bonds. The zero-order chi connectivity index (χ0) is 12.6. The Bertz CT molecular complexity index is 496. The summed E-state index contributed by atoms with van der Waals surface area (Å²) in [5.41, 5.74) is 6.77. The maximum Gasteiger partial charge on any atom is 0.237 e. The first kappa shape index (κ1) is 11.7. The summed E-state index contributed by atoms with van der Waals surface area (Å²) in [5, 5.41) is 0. The summed E-state index contributed by atoms with van der Waals surface area (Å²) in [5.74, 6) is -0.554. The van der Waals surface area contributed by atoms with Gasteiger partial charge < -0.3 is 5.73 Å². The molecule has 1 saturated heterocycles. The SMILES string of the molecule is CC1CC(=O)N(c2ccc(C(N)=S)cc2)C1=O. The van der Waals surface area contributed by atoms with Gasteiger partial charge in [-0.1, -0.05) is 19.1 Å². The Morgan fingerprint density at radius 2 is 1.94 bits per heavy atom. The third-order valence-electron chi connectivity index (χ3n) is 2.78. The van der Waals surface area contributed by atoms with Crippen LogP contribution in [0.1, 0.15) is 18.9 Å². The van der Waals surface area contributed by atoms with Gasteiger partial charge in [-0.25, -0.2) is 0 Å². The van der Waals surface area contributed by atoms with Gasteiger partial charge in [-0.3, -0.25) is 14.5 Å². The molecule has 0 aromatic heterocycles. The summed E-state index contributed by atoms with van der Waals surface area (Å²) >= 11 is 4.84. The largest absolute Gasteiger partial charge is 0.389 e. The van der Waals surface area contributed by atoms with E-state index in [1.807, 2.05) is 0 Å². The molecule has 4 nitrogen and oxygen atoms in total. The number of amides is 2. The van der Waals surface area contributed by atoms with Crippen molar-refractivity contribution >= 4 is 34.7 Å². The molecule has 0 aliphatic carbocycles. The number of carbonyl (C=O) groups is 2. The number of hydrogen-bond acceptors (Lipinski definition) is 3. The third kappa shape index (κ3) is 2.06. The average Bonchev–Trinajstić information content (AvgIpc) is 2.53. The Hall–Kier alpha value is -1.75. The number of anilines is 1. The van der Waals surface area contributed by atoms with Gasteiger partial charge in [-0.2, -0.15) is 0 Å². The summed E-state index contributed by atoms with van der Waals surface area (Å²) in [6, 6.07) is 6.78. The van der Waals surface area contributed by atoms with Gasteiger partial charge in [0.15, 0.2) is 0 Å². The van der Waals surface area contributed by atoms with Crippen LogP contribution in [-0.4, -0.2) is 16.8 Å². The maximum absolute atomic E-state index is 11.8. The van der Waals surface area contributed by atoms with Crippen molar-refractivity contribution in [3.05, 3.63) is 29.8 Å². The van der Waals surface area contributed by atoms with E-state index in [0.717, 1.165) is 5.56 Å². The minimum atomic E-state index is -0.238. The standard InChI is InChI=1S/C12H12N2O2S/c1-7-6-10(15)14(12(7)16)9-4-2-8(3-5-9)11(13)17/h2-5,7H,6H2,1H3,(H2,13,17). The predicted octanol–water partition coefficient (Wildman–Crippen LogP) is 1.22. The van der Waals surface area contributed by atoms with Gasteiger partial charge in [0.25, 0.3) is 0 Å². The first-order valence-corrected chi connectivity index (χ1v) is 5.68. The summed E-state index contributed by atoms with van der Waals surface area (Å²) in [6.45, 7) is 1.75. The molecule has 1 fully saturated rings. The molecule has 1 aliphatic heterocycles. The maximum atomic E-state index is 11.8. The number of benzene rings is 1. The molecule has 1 atom stereocenters. The smallest absolute Gasteiger partial charge is 0.237 e. The van der Waals surface area contributed by atoms with Gasteiger partial charge in [0.05, 0.1) is 5.69 Å². The first-order valence-electron chi connectivity index (χ1n) is 5.27. The predicted molar refractivity (Wildman–Crippen MR) is 68.6 cm³/mol. The zero-order valence-corrected chi connectivity index (χ0v) is 10.2. The van der Waals surface area contributed by atoms with E-state index in [1.165, 1.54) is 4.90 Å². The van der Waals surface area contributed by atoms with Crippen LogP contribution in [0.2, 0.25) is 0 Å². The monoisotopic (exact) mass is 248 g/mol. The van der Waals surface area contributed by atoms with Gasteiger partial charge in [-0.05, 0) is 24.3 Å². The van der Waals surface area contributed by atoms with Gasteiger partial charge in [0.2, 0.25) is 11.8 Å². The lowest BCUT2D eigenvalue weighted by atomic mass is 10.1. The van der Waals surface area contributed by atoms with Crippen molar-refractivity contribution in [3.63, 3.8) is 0 Å². The van der Waals surface area contributed by atoms with Crippen molar-refractivity contribution in [2.75, 3.05) is 4.90 Å². The average molecular weight is 248 g/mol. The van der Waals surface area contributed by atoms with E-state index >= 15 is 0 Å². The van der Waals surface area contributed by atoms with Crippen molar-refractivity contribution in [3.8, 4) is 0 Å². The fourth-order valence-electron chi connectivity index (χ4n) is 1.83. The molecule has 17 heavy (non-hydrogen) atoms. The molecular weight excluding hydrogens is 236 g/mol. The normalized spacial score (nSPS) is 19.8. The minimum Gasteiger partial charge on any atom is -0.389 e. The minimum absolute atomic E-state index is 0.155. The van der Waals surface area contributed by atoms with Crippen LogP contribution in [0.4, 0.5) is 5.69 Å². The third-order valence-corrected chi connectivity index (χ3v) is 3.02. The first-order chi connectivity index (χ1) is 8.00. The summed E-state index contributed by atoms with van der Waals surface area (Å²) < 4.78 is 0. The van der Waals surface area contributed by atoms with Crippen LogP contribution in [0.5, 0.6) is 0 Å². The van der Waals surface area contributed by atoms with Crippen LogP contribution in [0.25, 0.3) is 0 Å². The van der Waals surface area contributed by atoms with Gasteiger partial charge in [-0.15, -0.1) is 0 Å². The number of carbonyl (C=O) groups excluding carboxylic acids is 2. The van der Waals surface area contributed by atoms with E-state index in [1.54, 1.807) is 31.2 Å². The Balaban J connectivity index is 2.32. The van der Waals surface area contributed by atoms with E-state index in [0.29, 0.717) is 10.7 Å².